The van der Waals surface area contributed by atoms with Gasteiger partial charge < -0.3 is 15.0 Å². The van der Waals surface area contributed by atoms with Crippen molar-refractivity contribution >= 4 is 5.97 Å². The second-order valence-electron chi connectivity index (χ2n) is 6.43. The van der Waals surface area contributed by atoms with Crippen molar-refractivity contribution in [3.05, 3.63) is 34.9 Å². The molecule has 1 atom stereocenters. The minimum Gasteiger partial charge on any atom is -0.454 e. The molecule has 0 radical (unpaired) electrons. The smallest absolute Gasteiger partial charge is 0.339 e. The number of ether oxygens (including phenoxy) is 1. The van der Waals surface area contributed by atoms with E-state index in [4.69, 9.17) is 4.74 Å². The topological polar surface area (TPSA) is 41.6 Å². The van der Waals surface area contributed by atoms with Crippen LogP contribution in [-0.4, -0.2) is 43.6 Å². The molecule has 3 aliphatic rings. The molecule has 0 amide bonds. The molecule has 1 unspecified atom stereocenters. The fourth-order valence-corrected chi connectivity index (χ4v) is 3.40. The predicted molar refractivity (Wildman–Crippen MR) is 80.3 cm³/mol. The van der Waals surface area contributed by atoms with Crippen molar-refractivity contribution in [1.82, 2.24) is 10.2 Å². The fourth-order valence-electron chi connectivity index (χ4n) is 3.40. The zero-order valence-corrected chi connectivity index (χ0v) is 12.3. The minimum absolute atomic E-state index is 0.0339. The SMILES string of the molecule is O=C1OC(C2CC2)c2cc(CCN3CCNCC3)ccc21. The highest BCUT2D eigenvalue weighted by Crippen LogP contribution is 2.47. The molecular weight excluding hydrogens is 264 g/mol. The summed E-state index contributed by atoms with van der Waals surface area (Å²) in [7, 11) is 0. The number of fused-ring (bicyclic) bond motifs is 1. The highest BCUT2D eigenvalue weighted by atomic mass is 16.5. The van der Waals surface area contributed by atoms with E-state index in [0.717, 1.165) is 50.3 Å². The van der Waals surface area contributed by atoms with Gasteiger partial charge in [0, 0.05) is 44.2 Å². The Morgan fingerprint density at radius 1 is 1.24 bits per heavy atom. The van der Waals surface area contributed by atoms with Gasteiger partial charge in [0.05, 0.1) is 5.56 Å². The lowest BCUT2D eigenvalue weighted by Gasteiger charge is -2.27. The molecule has 1 saturated carbocycles. The molecule has 1 saturated heterocycles. The first kappa shape index (κ1) is 13.3. The van der Waals surface area contributed by atoms with E-state index in [1.165, 1.54) is 18.4 Å². The fraction of sp³-hybridized carbons (Fsp3) is 0.588. The van der Waals surface area contributed by atoms with Crippen LogP contribution >= 0.6 is 0 Å². The molecule has 1 aromatic carbocycles. The van der Waals surface area contributed by atoms with Gasteiger partial charge in [-0.2, -0.15) is 0 Å². The first-order valence-corrected chi connectivity index (χ1v) is 8.08. The van der Waals surface area contributed by atoms with E-state index in [1.54, 1.807) is 0 Å². The van der Waals surface area contributed by atoms with Crippen molar-refractivity contribution in [3.8, 4) is 0 Å². The Morgan fingerprint density at radius 2 is 2.05 bits per heavy atom. The summed E-state index contributed by atoms with van der Waals surface area (Å²) >= 11 is 0. The maximum absolute atomic E-state index is 11.9. The van der Waals surface area contributed by atoms with Crippen molar-refractivity contribution < 1.29 is 9.53 Å². The number of nitrogens with one attached hydrogen (secondary N) is 1. The van der Waals surface area contributed by atoms with Gasteiger partial charge in [0.1, 0.15) is 6.10 Å². The van der Waals surface area contributed by atoms with Crippen LogP contribution in [0.4, 0.5) is 0 Å². The second kappa shape index (κ2) is 5.43. The van der Waals surface area contributed by atoms with Crippen LogP contribution in [0.2, 0.25) is 0 Å². The molecule has 2 fully saturated rings. The van der Waals surface area contributed by atoms with E-state index in [9.17, 15) is 4.79 Å². The van der Waals surface area contributed by atoms with Gasteiger partial charge in [-0.25, -0.2) is 4.79 Å². The third kappa shape index (κ3) is 2.70. The molecule has 1 N–H and O–H groups in total. The third-order valence-electron chi connectivity index (χ3n) is 4.85. The monoisotopic (exact) mass is 286 g/mol. The maximum atomic E-state index is 11.9. The van der Waals surface area contributed by atoms with Crippen molar-refractivity contribution in [3.63, 3.8) is 0 Å². The molecular formula is C17H22N2O2. The van der Waals surface area contributed by atoms with Gasteiger partial charge in [-0.1, -0.05) is 12.1 Å². The van der Waals surface area contributed by atoms with Crippen LogP contribution in [0.15, 0.2) is 18.2 Å². The zero-order valence-electron chi connectivity index (χ0n) is 12.3. The normalized spacial score (nSPS) is 25.7. The first-order chi connectivity index (χ1) is 10.3. The molecule has 2 heterocycles. The summed E-state index contributed by atoms with van der Waals surface area (Å²) in [6.07, 6.45) is 3.48. The molecule has 1 aliphatic carbocycles. The van der Waals surface area contributed by atoms with E-state index < -0.39 is 0 Å². The molecule has 0 aromatic heterocycles. The van der Waals surface area contributed by atoms with E-state index in [-0.39, 0.29) is 12.1 Å². The van der Waals surface area contributed by atoms with E-state index in [0.29, 0.717) is 5.92 Å². The number of piperazine rings is 1. The minimum atomic E-state index is -0.129. The number of cyclic esters (lactones) is 1. The average molecular weight is 286 g/mol. The number of hydrogen-bond acceptors (Lipinski definition) is 4. The third-order valence-corrected chi connectivity index (χ3v) is 4.85. The van der Waals surface area contributed by atoms with Gasteiger partial charge in [0.25, 0.3) is 0 Å². The highest BCUT2D eigenvalue weighted by molar-refractivity contribution is 5.94. The number of benzene rings is 1. The van der Waals surface area contributed by atoms with Crippen LogP contribution in [0, 0.1) is 5.92 Å². The number of nitrogens with zero attached hydrogens (tertiary/aromatic N) is 1. The number of rotatable bonds is 4. The van der Waals surface area contributed by atoms with Crippen molar-refractivity contribution in [2.75, 3.05) is 32.7 Å². The maximum Gasteiger partial charge on any atom is 0.339 e. The van der Waals surface area contributed by atoms with Crippen LogP contribution in [0.3, 0.4) is 0 Å². The Balaban J connectivity index is 1.46. The summed E-state index contributed by atoms with van der Waals surface area (Å²) < 4.78 is 5.55. The zero-order chi connectivity index (χ0) is 14.2. The lowest BCUT2D eigenvalue weighted by atomic mass is 9.98. The summed E-state index contributed by atoms with van der Waals surface area (Å²) in [5, 5.41) is 3.38. The van der Waals surface area contributed by atoms with Crippen LogP contribution in [0.5, 0.6) is 0 Å². The predicted octanol–water partition coefficient (Wildman–Crippen LogP) is 1.76. The Kier molecular flexibility index (Phi) is 3.43. The van der Waals surface area contributed by atoms with Crippen LogP contribution in [-0.2, 0) is 11.2 Å². The molecule has 0 spiro atoms. The molecule has 4 rings (SSSR count). The standard InChI is InChI=1S/C17H22N2O2/c20-17-14-4-1-12(5-8-19-9-6-18-7-10-19)11-15(14)16(21-17)13-2-3-13/h1,4,11,13,16,18H,2-3,5-10H2. The first-order valence-electron chi connectivity index (χ1n) is 8.08. The Hall–Kier alpha value is -1.39. The van der Waals surface area contributed by atoms with Gasteiger partial charge in [-0.3, -0.25) is 0 Å². The largest absolute Gasteiger partial charge is 0.454 e. The van der Waals surface area contributed by atoms with E-state index in [1.807, 2.05) is 6.07 Å². The van der Waals surface area contributed by atoms with Gasteiger partial charge in [0.2, 0.25) is 0 Å². The van der Waals surface area contributed by atoms with Gasteiger partial charge in [-0.15, -0.1) is 0 Å². The summed E-state index contributed by atoms with van der Waals surface area (Å²) in [6, 6.07) is 6.27. The molecule has 1 aromatic rings. The molecule has 112 valence electrons. The molecule has 4 heteroatoms. The number of carbonyl (C=O) groups is 1. The summed E-state index contributed by atoms with van der Waals surface area (Å²) in [4.78, 5) is 14.4. The summed E-state index contributed by atoms with van der Waals surface area (Å²) in [6.45, 7) is 5.56. The molecule has 0 bridgehead atoms. The van der Waals surface area contributed by atoms with Crippen molar-refractivity contribution in [1.29, 1.82) is 0 Å². The lowest BCUT2D eigenvalue weighted by Crippen LogP contribution is -2.44. The van der Waals surface area contributed by atoms with Crippen LogP contribution < -0.4 is 5.32 Å². The van der Waals surface area contributed by atoms with Crippen molar-refractivity contribution in [2.24, 2.45) is 5.92 Å². The number of esters is 1. The summed E-state index contributed by atoms with van der Waals surface area (Å²) in [5.74, 6) is 0.439. The van der Waals surface area contributed by atoms with Gasteiger partial charge in [0.15, 0.2) is 0 Å². The van der Waals surface area contributed by atoms with Gasteiger partial charge >= 0.3 is 5.97 Å². The van der Waals surface area contributed by atoms with E-state index in [2.05, 4.69) is 22.3 Å². The number of carbonyl (C=O) groups excluding carboxylic acids is 1. The molecule has 21 heavy (non-hydrogen) atoms. The Labute approximate surface area is 125 Å². The Bertz CT molecular complexity index is 548. The molecule has 2 aliphatic heterocycles. The lowest BCUT2D eigenvalue weighted by molar-refractivity contribution is 0.0338. The quantitative estimate of drug-likeness (QED) is 0.856. The Morgan fingerprint density at radius 3 is 2.81 bits per heavy atom. The van der Waals surface area contributed by atoms with Crippen LogP contribution in [0.25, 0.3) is 0 Å². The number of hydrogen-bond donors (Lipinski definition) is 1. The second-order valence-corrected chi connectivity index (χ2v) is 6.43. The van der Waals surface area contributed by atoms with E-state index >= 15 is 0 Å². The average Bonchev–Trinajstić information content (AvgIpc) is 3.31. The van der Waals surface area contributed by atoms with Gasteiger partial charge in [-0.05, 0) is 30.9 Å². The summed E-state index contributed by atoms with van der Waals surface area (Å²) in [5.41, 5.74) is 3.26. The highest BCUT2D eigenvalue weighted by Gasteiger charge is 2.41. The van der Waals surface area contributed by atoms with Crippen molar-refractivity contribution in [2.45, 2.75) is 25.4 Å². The molecule has 4 nitrogen and oxygen atoms in total. The van der Waals surface area contributed by atoms with Crippen LogP contribution in [0.1, 0.15) is 40.4 Å².